The highest BCUT2D eigenvalue weighted by Crippen LogP contribution is 2.39. The minimum absolute atomic E-state index is 0.0233. The molecule has 1 fully saturated rings. The van der Waals surface area contributed by atoms with Gasteiger partial charge >= 0.3 is 7.82 Å². The van der Waals surface area contributed by atoms with Crippen LogP contribution in [0.4, 0.5) is 10.2 Å². The lowest BCUT2D eigenvalue weighted by Crippen LogP contribution is -2.23. The molecule has 2 aromatic heterocycles. The number of imidazole rings is 1. The monoisotopic (exact) mass is 333 g/mol. The Labute approximate surface area is 123 Å². The van der Waals surface area contributed by atoms with Crippen LogP contribution in [0.25, 0.3) is 11.2 Å². The van der Waals surface area contributed by atoms with Gasteiger partial charge in [-0.3, -0.25) is 9.09 Å². The van der Waals surface area contributed by atoms with Crippen molar-refractivity contribution in [1.29, 1.82) is 0 Å². The highest BCUT2D eigenvalue weighted by molar-refractivity contribution is 7.46. The van der Waals surface area contributed by atoms with Crippen molar-refractivity contribution < 1.29 is 28.0 Å². The SMILES string of the molecule is Nc1ncnc2c1ncn2[C@H]1C[C@H](F)[C@@H](COP(=O)(O)O)O1. The number of phosphoric ester groups is 1. The minimum atomic E-state index is -4.67. The Morgan fingerprint density at radius 1 is 1.50 bits per heavy atom. The number of nitrogens with two attached hydrogens (primary N) is 1. The van der Waals surface area contributed by atoms with E-state index < -0.39 is 32.9 Å². The van der Waals surface area contributed by atoms with Crippen LogP contribution in [0.2, 0.25) is 0 Å². The van der Waals surface area contributed by atoms with Crippen molar-refractivity contribution in [1.82, 2.24) is 19.5 Å². The summed E-state index contributed by atoms with van der Waals surface area (Å²) in [5, 5.41) is 0. The van der Waals surface area contributed by atoms with Crippen LogP contribution in [0, 0.1) is 0 Å². The molecule has 0 bridgehead atoms. The first kappa shape index (κ1) is 15.3. The van der Waals surface area contributed by atoms with Gasteiger partial charge in [-0.25, -0.2) is 23.9 Å². The molecule has 0 saturated carbocycles. The first-order chi connectivity index (χ1) is 10.3. The molecule has 3 rings (SSSR count). The second-order valence-corrected chi connectivity index (χ2v) is 5.99. The fraction of sp³-hybridized carbons (Fsp3) is 0.500. The van der Waals surface area contributed by atoms with Crippen molar-refractivity contribution in [2.45, 2.75) is 24.9 Å². The number of rotatable bonds is 4. The molecule has 1 saturated heterocycles. The third kappa shape index (κ3) is 2.94. The molecule has 1 aliphatic rings. The molecule has 120 valence electrons. The molecule has 4 N–H and O–H groups in total. The molecule has 0 aliphatic carbocycles. The van der Waals surface area contributed by atoms with Crippen LogP contribution < -0.4 is 5.73 Å². The summed E-state index contributed by atoms with van der Waals surface area (Å²) in [6.45, 7) is -0.550. The first-order valence-electron chi connectivity index (χ1n) is 6.28. The average molecular weight is 333 g/mol. The van der Waals surface area contributed by atoms with Gasteiger partial charge in [0.25, 0.3) is 0 Å². The molecule has 12 heteroatoms. The normalized spacial score (nSPS) is 25.9. The molecule has 0 spiro atoms. The number of alkyl halides is 1. The van der Waals surface area contributed by atoms with Gasteiger partial charge < -0.3 is 20.3 Å². The molecular formula is C10H13FN5O5P. The summed E-state index contributed by atoms with van der Waals surface area (Å²) in [6.07, 6.45) is -0.613. The Morgan fingerprint density at radius 2 is 2.27 bits per heavy atom. The zero-order valence-corrected chi connectivity index (χ0v) is 12.0. The van der Waals surface area contributed by atoms with Crippen LogP contribution in [-0.2, 0) is 13.8 Å². The van der Waals surface area contributed by atoms with Gasteiger partial charge in [0.1, 0.15) is 30.3 Å². The summed E-state index contributed by atoms with van der Waals surface area (Å²) in [5.41, 5.74) is 6.43. The maximum atomic E-state index is 13.9. The van der Waals surface area contributed by atoms with E-state index in [9.17, 15) is 8.96 Å². The quantitative estimate of drug-likeness (QED) is 0.665. The van der Waals surface area contributed by atoms with Gasteiger partial charge in [0.2, 0.25) is 0 Å². The van der Waals surface area contributed by atoms with E-state index in [2.05, 4.69) is 19.5 Å². The van der Waals surface area contributed by atoms with E-state index in [4.69, 9.17) is 20.3 Å². The van der Waals surface area contributed by atoms with Crippen LogP contribution in [0.1, 0.15) is 12.6 Å². The van der Waals surface area contributed by atoms with Gasteiger partial charge in [-0.15, -0.1) is 0 Å². The van der Waals surface area contributed by atoms with Crippen LogP contribution in [0.3, 0.4) is 0 Å². The summed E-state index contributed by atoms with van der Waals surface area (Å²) < 4.78 is 35.8. The Bertz CT molecular complexity index is 736. The van der Waals surface area contributed by atoms with Crippen molar-refractivity contribution in [2.24, 2.45) is 0 Å². The van der Waals surface area contributed by atoms with Gasteiger partial charge in [-0.1, -0.05) is 0 Å². The molecule has 0 aromatic carbocycles. The first-order valence-corrected chi connectivity index (χ1v) is 7.81. The second kappa shape index (κ2) is 5.52. The largest absolute Gasteiger partial charge is 0.469 e. The molecule has 0 amide bonds. The number of anilines is 1. The number of hydrogen-bond donors (Lipinski definition) is 3. The van der Waals surface area contributed by atoms with Crippen molar-refractivity contribution >= 4 is 24.8 Å². The van der Waals surface area contributed by atoms with Gasteiger partial charge in [-0.05, 0) is 0 Å². The van der Waals surface area contributed by atoms with Gasteiger partial charge in [0.05, 0.1) is 12.9 Å². The molecule has 3 heterocycles. The maximum absolute atomic E-state index is 13.9. The van der Waals surface area contributed by atoms with Crippen LogP contribution in [0.15, 0.2) is 12.7 Å². The molecule has 3 atom stereocenters. The molecule has 0 unspecified atom stereocenters. The van der Waals surface area contributed by atoms with E-state index >= 15 is 0 Å². The Kier molecular flexibility index (Phi) is 3.83. The molecular weight excluding hydrogens is 320 g/mol. The number of hydrogen-bond acceptors (Lipinski definition) is 7. The smallest absolute Gasteiger partial charge is 0.382 e. The Balaban J connectivity index is 1.78. The van der Waals surface area contributed by atoms with Crippen molar-refractivity contribution in [2.75, 3.05) is 12.3 Å². The molecule has 10 nitrogen and oxygen atoms in total. The lowest BCUT2D eigenvalue weighted by atomic mass is 10.2. The van der Waals surface area contributed by atoms with Gasteiger partial charge in [0.15, 0.2) is 11.5 Å². The molecule has 22 heavy (non-hydrogen) atoms. The number of ether oxygens (including phenoxy) is 1. The van der Waals surface area contributed by atoms with Gasteiger partial charge in [0, 0.05) is 6.42 Å². The second-order valence-electron chi connectivity index (χ2n) is 4.75. The van der Waals surface area contributed by atoms with Gasteiger partial charge in [-0.2, -0.15) is 0 Å². The highest BCUT2D eigenvalue weighted by Gasteiger charge is 2.38. The number of phosphoric acid groups is 1. The third-order valence-corrected chi connectivity index (χ3v) is 3.75. The topological polar surface area (TPSA) is 146 Å². The number of fused-ring (bicyclic) bond motifs is 1. The predicted molar refractivity (Wildman–Crippen MR) is 71.2 cm³/mol. The van der Waals surface area contributed by atoms with E-state index in [1.54, 1.807) is 0 Å². The molecule has 0 radical (unpaired) electrons. The van der Waals surface area contributed by atoms with Crippen LogP contribution in [0.5, 0.6) is 0 Å². The Hall–Kier alpha value is -1.65. The minimum Gasteiger partial charge on any atom is -0.382 e. The van der Waals surface area contributed by atoms with Crippen molar-refractivity contribution in [3.05, 3.63) is 12.7 Å². The average Bonchev–Trinajstić information content (AvgIpc) is 3.00. The van der Waals surface area contributed by atoms with E-state index in [1.165, 1.54) is 17.2 Å². The van der Waals surface area contributed by atoms with E-state index in [-0.39, 0.29) is 12.2 Å². The number of aromatic nitrogens is 4. The number of nitrogens with zero attached hydrogens (tertiary/aromatic N) is 4. The lowest BCUT2D eigenvalue weighted by Gasteiger charge is -2.15. The fourth-order valence-electron chi connectivity index (χ4n) is 2.26. The van der Waals surface area contributed by atoms with Crippen molar-refractivity contribution in [3.63, 3.8) is 0 Å². The lowest BCUT2D eigenvalue weighted by molar-refractivity contribution is -0.0317. The van der Waals surface area contributed by atoms with Crippen LogP contribution in [-0.4, -0.2) is 48.2 Å². The van der Waals surface area contributed by atoms with E-state index in [0.29, 0.717) is 11.2 Å². The molecule has 1 aliphatic heterocycles. The number of nitrogen functional groups attached to an aromatic ring is 1. The summed E-state index contributed by atoms with van der Waals surface area (Å²) in [6, 6.07) is 0. The fourth-order valence-corrected chi connectivity index (χ4v) is 2.60. The highest BCUT2D eigenvalue weighted by atomic mass is 31.2. The number of halogens is 1. The van der Waals surface area contributed by atoms with Crippen molar-refractivity contribution in [3.8, 4) is 0 Å². The summed E-state index contributed by atoms with van der Waals surface area (Å²) in [5.74, 6) is 0.194. The zero-order valence-electron chi connectivity index (χ0n) is 11.1. The molecule has 2 aromatic rings. The summed E-state index contributed by atoms with van der Waals surface area (Å²) >= 11 is 0. The zero-order chi connectivity index (χ0) is 15.9. The predicted octanol–water partition coefficient (Wildman–Crippen LogP) is 0.143. The van der Waals surface area contributed by atoms with E-state index in [0.717, 1.165) is 0 Å². The maximum Gasteiger partial charge on any atom is 0.469 e. The van der Waals surface area contributed by atoms with E-state index in [1.807, 2.05) is 0 Å². The Morgan fingerprint density at radius 3 is 3.00 bits per heavy atom. The third-order valence-electron chi connectivity index (χ3n) is 3.27. The summed E-state index contributed by atoms with van der Waals surface area (Å²) in [4.78, 5) is 29.2. The summed E-state index contributed by atoms with van der Waals surface area (Å²) in [7, 11) is -4.67. The standard InChI is InChI=1S/C10H13FN5O5P/c11-5-1-7(21-6(5)2-20-22(17,18)19)16-4-15-8-9(12)13-3-14-10(8)16/h3-7H,1-2H2,(H2,12,13,14)(H2,17,18,19)/t5-,6+,7+/m0/s1. The van der Waals surface area contributed by atoms with Crippen LogP contribution >= 0.6 is 7.82 Å².